The first-order valence-electron chi connectivity index (χ1n) is 8.98. The Morgan fingerprint density at radius 3 is 2.96 bits per heavy atom. The fraction of sp³-hybridized carbons (Fsp3) is 0.238. The summed E-state index contributed by atoms with van der Waals surface area (Å²) in [7, 11) is 1.62. The van der Waals surface area contributed by atoms with E-state index in [4.69, 9.17) is 4.74 Å². The van der Waals surface area contributed by atoms with E-state index in [0.29, 0.717) is 6.42 Å². The Balaban J connectivity index is 1.47. The van der Waals surface area contributed by atoms with Gasteiger partial charge in [0, 0.05) is 22.6 Å². The summed E-state index contributed by atoms with van der Waals surface area (Å²) in [5.41, 5.74) is 6.97. The monoisotopic (exact) mass is 362 g/mol. The summed E-state index contributed by atoms with van der Waals surface area (Å²) in [5, 5.41) is 8.64. The predicted molar refractivity (Wildman–Crippen MR) is 106 cm³/mol. The van der Waals surface area contributed by atoms with Crippen LogP contribution in [0.2, 0.25) is 0 Å². The minimum absolute atomic E-state index is 0.0688. The summed E-state index contributed by atoms with van der Waals surface area (Å²) >= 11 is 0. The second-order valence-electron chi connectivity index (χ2n) is 6.72. The van der Waals surface area contributed by atoms with Gasteiger partial charge in [-0.3, -0.25) is 10.1 Å². The molecule has 6 nitrogen and oxygen atoms in total. The van der Waals surface area contributed by atoms with Crippen LogP contribution in [0, 0.1) is 0 Å². The second-order valence-corrected chi connectivity index (χ2v) is 6.72. The first-order chi connectivity index (χ1) is 13.2. The van der Waals surface area contributed by atoms with Crippen molar-refractivity contribution in [3.05, 3.63) is 65.4 Å². The number of hydrogen-bond donors (Lipinski definition) is 3. The highest BCUT2D eigenvalue weighted by Gasteiger charge is 2.30. The normalized spacial score (nSPS) is 19.2. The van der Waals surface area contributed by atoms with E-state index in [0.717, 1.165) is 22.5 Å². The number of para-hydroxylation sites is 1. The maximum atomic E-state index is 12.6. The Morgan fingerprint density at radius 2 is 2.11 bits per heavy atom. The zero-order valence-corrected chi connectivity index (χ0v) is 15.3. The van der Waals surface area contributed by atoms with Crippen molar-refractivity contribution in [2.24, 2.45) is 5.10 Å². The number of rotatable bonds is 4. The number of hydrazone groups is 1. The number of benzene rings is 2. The van der Waals surface area contributed by atoms with E-state index >= 15 is 0 Å². The summed E-state index contributed by atoms with van der Waals surface area (Å²) in [6.07, 6.45) is 2.24. The quantitative estimate of drug-likeness (QED) is 0.493. The molecule has 1 aromatic heterocycles. The van der Waals surface area contributed by atoms with Gasteiger partial charge in [-0.25, -0.2) is 5.43 Å². The Kier molecular flexibility index (Phi) is 4.64. The largest absolute Gasteiger partial charge is 0.497 e. The molecule has 27 heavy (non-hydrogen) atoms. The highest BCUT2D eigenvalue weighted by molar-refractivity contribution is 5.89. The van der Waals surface area contributed by atoms with Crippen LogP contribution >= 0.6 is 0 Å². The minimum Gasteiger partial charge on any atom is -0.497 e. The molecule has 0 saturated carbocycles. The van der Waals surface area contributed by atoms with Gasteiger partial charge in [0.15, 0.2) is 0 Å². The number of carbonyl (C=O) groups is 1. The van der Waals surface area contributed by atoms with Crippen LogP contribution in [-0.2, 0) is 11.2 Å². The van der Waals surface area contributed by atoms with Crippen molar-refractivity contribution in [3.63, 3.8) is 0 Å². The Morgan fingerprint density at radius 1 is 1.26 bits per heavy atom. The molecular formula is C21H22N4O2. The average molecular weight is 362 g/mol. The van der Waals surface area contributed by atoms with Gasteiger partial charge in [0.2, 0.25) is 0 Å². The number of hydrogen-bond acceptors (Lipinski definition) is 4. The first kappa shape index (κ1) is 17.3. The number of carbonyl (C=O) groups excluding carboxylic acids is 1. The Hall–Kier alpha value is -3.12. The molecule has 1 unspecified atom stereocenters. The molecule has 0 spiro atoms. The standard InChI is InChI=1S/C21H22N4O2/c1-13-20-17(16-8-3-4-9-18(16)24-20)11-19(23-13)21(26)25-22-12-14-6-5-7-15(10-14)27-2/h3-10,12-13,19,23-24H,11H2,1-2H3,(H,25,26)/b22-12+/t13-,19?/m0/s1. The molecule has 0 saturated heterocycles. The maximum absolute atomic E-state index is 12.6. The van der Waals surface area contributed by atoms with Gasteiger partial charge >= 0.3 is 0 Å². The summed E-state index contributed by atoms with van der Waals surface area (Å²) in [4.78, 5) is 16.1. The second kappa shape index (κ2) is 7.25. The van der Waals surface area contributed by atoms with E-state index in [1.807, 2.05) is 36.4 Å². The number of nitrogens with one attached hydrogen (secondary N) is 3. The summed E-state index contributed by atoms with van der Waals surface area (Å²) in [6, 6.07) is 15.4. The number of amides is 1. The molecule has 3 aromatic rings. The lowest BCUT2D eigenvalue weighted by atomic mass is 9.94. The smallest absolute Gasteiger partial charge is 0.257 e. The number of H-pyrrole nitrogens is 1. The SMILES string of the molecule is COc1cccc(/C=N/NC(=O)C2Cc3c([nH]c4ccccc34)[C@H](C)N2)c1. The number of nitrogens with zero attached hydrogens (tertiary/aromatic N) is 1. The molecule has 0 bridgehead atoms. The van der Waals surface area contributed by atoms with Crippen molar-refractivity contribution >= 4 is 23.0 Å². The van der Waals surface area contributed by atoms with Gasteiger partial charge in [0.05, 0.1) is 19.4 Å². The van der Waals surface area contributed by atoms with Gasteiger partial charge < -0.3 is 9.72 Å². The third-order valence-electron chi connectivity index (χ3n) is 4.94. The van der Waals surface area contributed by atoms with Crippen LogP contribution in [-0.4, -0.2) is 30.3 Å². The van der Waals surface area contributed by atoms with Crippen molar-refractivity contribution in [1.82, 2.24) is 15.7 Å². The fourth-order valence-electron chi connectivity index (χ4n) is 3.60. The molecule has 1 aliphatic heterocycles. The zero-order valence-electron chi connectivity index (χ0n) is 15.3. The molecular weight excluding hydrogens is 340 g/mol. The van der Waals surface area contributed by atoms with Crippen LogP contribution < -0.4 is 15.5 Å². The van der Waals surface area contributed by atoms with Crippen molar-refractivity contribution in [1.29, 1.82) is 0 Å². The van der Waals surface area contributed by atoms with Crippen LogP contribution in [0.3, 0.4) is 0 Å². The lowest BCUT2D eigenvalue weighted by Crippen LogP contribution is -2.47. The van der Waals surface area contributed by atoms with Gasteiger partial charge in [-0.1, -0.05) is 30.3 Å². The molecule has 1 aliphatic rings. The molecule has 6 heteroatoms. The summed E-state index contributed by atoms with van der Waals surface area (Å²) < 4.78 is 5.19. The Bertz CT molecular complexity index is 1010. The average Bonchev–Trinajstić information content (AvgIpc) is 3.07. The maximum Gasteiger partial charge on any atom is 0.257 e. The highest BCUT2D eigenvalue weighted by atomic mass is 16.5. The summed E-state index contributed by atoms with van der Waals surface area (Å²) in [6.45, 7) is 2.06. The molecule has 1 amide bonds. The van der Waals surface area contributed by atoms with Crippen molar-refractivity contribution < 1.29 is 9.53 Å². The highest BCUT2D eigenvalue weighted by Crippen LogP contribution is 2.31. The van der Waals surface area contributed by atoms with E-state index in [9.17, 15) is 4.79 Å². The Labute approximate surface area is 157 Å². The van der Waals surface area contributed by atoms with E-state index < -0.39 is 0 Å². The number of aromatic amines is 1. The van der Waals surface area contributed by atoms with E-state index in [2.05, 4.69) is 39.9 Å². The van der Waals surface area contributed by atoms with E-state index in [-0.39, 0.29) is 18.0 Å². The lowest BCUT2D eigenvalue weighted by molar-refractivity contribution is -0.123. The van der Waals surface area contributed by atoms with Gasteiger partial charge in [0.1, 0.15) is 5.75 Å². The van der Waals surface area contributed by atoms with Gasteiger partial charge in [-0.15, -0.1) is 0 Å². The van der Waals surface area contributed by atoms with E-state index in [1.54, 1.807) is 13.3 Å². The van der Waals surface area contributed by atoms with Crippen molar-refractivity contribution in [3.8, 4) is 5.75 Å². The fourth-order valence-corrected chi connectivity index (χ4v) is 3.60. The number of ether oxygens (including phenoxy) is 1. The van der Waals surface area contributed by atoms with Crippen LogP contribution in [0.25, 0.3) is 10.9 Å². The predicted octanol–water partition coefficient (Wildman–Crippen LogP) is 2.90. The van der Waals surface area contributed by atoms with Gasteiger partial charge in [-0.05, 0) is 42.7 Å². The molecule has 0 radical (unpaired) electrons. The topological polar surface area (TPSA) is 78.5 Å². The van der Waals surface area contributed by atoms with Gasteiger partial charge in [-0.2, -0.15) is 5.10 Å². The molecule has 0 fully saturated rings. The van der Waals surface area contributed by atoms with Crippen molar-refractivity contribution in [2.75, 3.05) is 7.11 Å². The molecule has 2 heterocycles. The molecule has 2 atom stereocenters. The van der Waals surface area contributed by atoms with E-state index in [1.165, 1.54) is 10.9 Å². The number of fused-ring (bicyclic) bond motifs is 3. The van der Waals surface area contributed by atoms with Crippen LogP contribution in [0.1, 0.15) is 29.8 Å². The molecule has 0 aliphatic carbocycles. The molecule has 138 valence electrons. The molecule has 2 aromatic carbocycles. The summed E-state index contributed by atoms with van der Waals surface area (Å²) in [5.74, 6) is 0.608. The number of aromatic nitrogens is 1. The molecule has 4 rings (SSSR count). The lowest BCUT2D eigenvalue weighted by Gasteiger charge is -2.27. The van der Waals surface area contributed by atoms with Gasteiger partial charge in [0.25, 0.3) is 5.91 Å². The minimum atomic E-state index is -0.325. The number of methoxy groups -OCH3 is 1. The zero-order chi connectivity index (χ0) is 18.8. The van der Waals surface area contributed by atoms with Crippen LogP contribution in [0.15, 0.2) is 53.6 Å². The first-order valence-corrected chi connectivity index (χ1v) is 8.98. The molecule has 3 N–H and O–H groups in total. The third-order valence-corrected chi connectivity index (χ3v) is 4.94. The van der Waals surface area contributed by atoms with Crippen LogP contribution in [0.4, 0.5) is 0 Å². The van der Waals surface area contributed by atoms with Crippen LogP contribution in [0.5, 0.6) is 5.75 Å². The third kappa shape index (κ3) is 3.44. The van der Waals surface area contributed by atoms with Crippen molar-refractivity contribution in [2.45, 2.75) is 25.4 Å².